The molecule has 2 rings (SSSR count). The molecule has 0 radical (unpaired) electrons. The van der Waals surface area contributed by atoms with Crippen LogP contribution in [0.3, 0.4) is 0 Å². The first kappa shape index (κ1) is 6.28. The summed E-state index contributed by atoms with van der Waals surface area (Å²) in [6.07, 6.45) is 10.8. The lowest BCUT2D eigenvalue weighted by Gasteiger charge is -1.98. The van der Waals surface area contributed by atoms with Gasteiger partial charge in [0.05, 0.1) is 12.3 Å². The molecule has 0 bridgehead atoms. The second-order valence-electron chi connectivity index (χ2n) is 2.48. The van der Waals surface area contributed by atoms with Gasteiger partial charge >= 0.3 is 0 Å². The molecule has 0 saturated heterocycles. The van der Waals surface area contributed by atoms with Crippen LogP contribution in [-0.2, 0) is 4.79 Å². The minimum Gasteiger partial charge on any atom is -0.288 e. The van der Waals surface area contributed by atoms with Gasteiger partial charge in [-0.3, -0.25) is 9.79 Å². The molecule has 0 spiro atoms. The first-order valence-electron chi connectivity index (χ1n) is 3.50. The van der Waals surface area contributed by atoms with Crippen molar-refractivity contribution in [2.45, 2.75) is 6.04 Å². The Hall–Kier alpha value is -1.44. The highest BCUT2D eigenvalue weighted by Crippen LogP contribution is 2.16. The van der Waals surface area contributed by atoms with E-state index >= 15 is 0 Å². The SMILES string of the molecule is O=C1C=NC2C=CC=CC=C12. The number of carbonyl (C=O) groups is 1. The Kier molecular flexibility index (Phi) is 1.32. The molecule has 1 unspecified atom stereocenters. The zero-order valence-electron chi connectivity index (χ0n) is 5.90. The number of carbonyl (C=O) groups excluding carboxylic acids is 1. The molecule has 1 heterocycles. The van der Waals surface area contributed by atoms with Crippen LogP contribution in [0.5, 0.6) is 0 Å². The van der Waals surface area contributed by atoms with Gasteiger partial charge in [-0.1, -0.05) is 30.4 Å². The van der Waals surface area contributed by atoms with Crippen LogP contribution in [0.25, 0.3) is 0 Å². The Bertz CT molecular complexity index is 308. The van der Waals surface area contributed by atoms with Crippen molar-refractivity contribution in [2.75, 3.05) is 0 Å². The standard InChI is InChI=1S/C9H7NO/c11-9-6-10-8-5-3-1-2-4-7(8)9/h1-6,8H. The second-order valence-corrected chi connectivity index (χ2v) is 2.48. The van der Waals surface area contributed by atoms with Gasteiger partial charge in [0.25, 0.3) is 0 Å². The summed E-state index contributed by atoms with van der Waals surface area (Å²) in [5.41, 5.74) is 0.773. The number of nitrogens with zero attached hydrogens (tertiary/aromatic N) is 1. The molecule has 0 aromatic heterocycles. The molecule has 0 amide bonds. The Labute approximate surface area is 64.6 Å². The van der Waals surface area contributed by atoms with Crippen LogP contribution < -0.4 is 0 Å². The largest absolute Gasteiger partial charge is 0.288 e. The Balaban J connectivity index is 2.44. The molecule has 0 N–H and O–H groups in total. The highest BCUT2D eigenvalue weighted by Gasteiger charge is 2.21. The fourth-order valence-electron chi connectivity index (χ4n) is 1.18. The summed E-state index contributed by atoms with van der Waals surface area (Å²) in [6.45, 7) is 0. The van der Waals surface area contributed by atoms with Gasteiger partial charge in [0, 0.05) is 5.57 Å². The molecule has 0 aromatic rings. The molecular formula is C9H7NO. The van der Waals surface area contributed by atoms with Crippen LogP contribution in [0, 0.1) is 0 Å². The summed E-state index contributed by atoms with van der Waals surface area (Å²) in [4.78, 5) is 15.1. The third-order valence-corrected chi connectivity index (χ3v) is 1.75. The molecule has 1 aliphatic carbocycles. The van der Waals surface area contributed by atoms with Gasteiger partial charge in [-0.2, -0.15) is 0 Å². The quantitative estimate of drug-likeness (QED) is 0.501. The van der Waals surface area contributed by atoms with Gasteiger partial charge in [-0.25, -0.2) is 0 Å². The summed E-state index contributed by atoms with van der Waals surface area (Å²) in [7, 11) is 0. The van der Waals surface area contributed by atoms with Crippen LogP contribution in [-0.4, -0.2) is 18.0 Å². The predicted octanol–water partition coefficient (Wildman–Crippen LogP) is 1.06. The Morgan fingerprint density at radius 2 is 2.18 bits per heavy atom. The number of Topliss-reactive ketones (excluding diaryl/α,β-unsaturated/α-hetero) is 1. The number of ketones is 1. The van der Waals surface area contributed by atoms with Crippen molar-refractivity contribution in [1.82, 2.24) is 0 Å². The molecule has 54 valence electrons. The lowest BCUT2D eigenvalue weighted by Crippen LogP contribution is -2.05. The highest BCUT2D eigenvalue weighted by atomic mass is 16.1. The molecule has 2 heteroatoms. The average molecular weight is 145 g/mol. The van der Waals surface area contributed by atoms with E-state index in [4.69, 9.17) is 0 Å². The van der Waals surface area contributed by atoms with E-state index in [2.05, 4.69) is 4.99 Å². The van der Waals surface area contributed by atoms with E-state index in [9.17, 15) is 4.79 Å². The molecule has 2 aliphatic rings. The van der Waals surface area contributed by atoms with E-state index in [1.54, 1.807) is 0 Å². The lowest BCUT2D eigenvalue weighted by atomic mass is 10.1. The van der Waals surface area contributed by atoms with Gasteiger partial charge < -0.3 is 0 Å². The van der Waals surface area contributed by atoms with Crippen molar-refractivity contribution < 1.29 is 4.79 Å². The van der Waals surface area contributed by atoms with Crippen LogP contribution in [0.2, 0.25) is 0 Å². The third-order valence-electron chi connectivity index (χ3n) is 1.75. The smallest absolute Gasteiger partial charge is 0.202 e. The van der Waals surface area contributed by atoms with E-state index in [0.717, 1.165) is 5.57 Å². The van der Waals surface area contributed by atoms with Crippen molar-refractivity contribution >= 4 is 12.0 Å². The van der Waals surface area contributed by atoms with E-state index in [-0.39, 0.29) is 11.8 Å². The van der Waals surface area contributed by atoms with Crippen molar-refractivity contribution in [3.05, 3.63) is 36.0 Å². The maximum Gasteiger partial charge on any atom is 0.202 e. The van der Waals surface area contributed by atoms with Gasteiger partial charge in [0.1, 0.15) is 0 Å². The first-order valence-corrected chi connectivity index (χ1v) is 3.50. The zero-order valence-corrected chi connectivity index (χ0v) is 5.90. The molecular weight excluding hydrogens is 138 g/mol. The van der Waals surface area contributed by atoms with Crippen molar-refractivity contribution in [2.24, 2.45) is 4.99 Å². The molecule has 0 saturated carbocycles. The highest BCUT2D eigenvalue weighted by molar-refractivity contribution is 6.37. The molecule has 2 nitrogen and oxygen atoms in total. The average Bonchev–Trinajstić information content (AvgIpc) is 2.25. The van der Waals surface area contributed by atoms with Crippen LogP contribution >= 0.6 is 0 Å². The molecule has 1 aliphatic heterocycles. The fraction of sp³-hybridized carbons (Fsp3) is 0.111. The van der Waals surface area contributed by atoms with Crippen LogP contribution in [0.1, 0.15) is 0 Å². The third kappa shape index (κ3) is 0.963. The van der Waals surface area contributed by atoms with E-state index < -0.39 is 0 Å². The summed E-state index contributed by atoms with van der Waals surface area (Å²) < 4.78 is 0. The van der Waals surface area contributed by atoms with Crippen molar-refractivity contribution in [3.8, 4) is 0 Å². The number of aliphatic imine (C=N–C) groups is 1. The van der Waals surface area contributed by atoms with Gasteiger partial charge in [0.15, 0.2) is 0 Å². The monoisotopic (exact) mass is 145 g/mol. The Morgan fingerprint density at radius 1 is 1.27 bits per heavy atom. The van der Waals surface area contributed by atoms with Gasteiger partial charge in [-0.05, 0) is 0 Å². The Morgan fingerprint density at radius 3 is 3.09 bits per heavy atom. The minimum atomic E-state index is -0.0301. The van der Waals surface area contributed by atoms with Gasteiger partial charge in [-0.15, -0.1) is 0 Å². The summed E-state index contributed by atoms with van der Waals surface area (Å²) >= 11 is 0. The zero-order chi connectivity index (χ0) is 7.68. The predicted molar refractivity (Wildman–Crippen MR) is 43.7 cm³/mol. The lowest BCUT2D eigenvalue weighted by molar-refractivity contribution is -0.109. The van der Waals surface area contributed by atoms with E-state index in [1.165, 1.54) is 6.21 Å². The summed E-state index contributed by atoms with van der Waals surface area (Å²) in [5.74, 6) is 0.0335. The maximum atomic E-state index is 11.1. The normalized spacial score (nSPS) is 26.7. The minimum absolute atomic E-state index is 0.0301. The molecule has 1 atom stereocenters. The maximum absolute atomic E-state index is 11.1. The van der Waals surface area contributed by atoms with E-state index in [1.807, 2.05) is 30.4 Å². The molecule has 0 fully saturated rings. The number of rotatable bonds is 0. The van der Waals surface area contributed by atoms with Crippen LogP contribution in [0.15, 0.2) is 40.9 Å². The summed E-state index contributed by atoms with van der Waals surface area (Å²) in [6, 6.07) is -0.0301. The van der Waals surface area contributed by atoms with Crippen LogP contribution in [0.4, 0.5) is 0 Å². The second kappa shape index (κ2) is 2.31. The first-order chi connectivity index (χ1) is 5.38. The number of allylic oxidation sites excluding steroid dienone is 4. The number of fused-ring (bicyclic) bond motifs is 1. The summed E-state index contributed by atoms with van der Waals surface area (Å²) in [5, 5.41) is 0. The number of hydrogen-bond donors (Lipinski definition) is 0. The molecule has 0 aromatic carbocycles. The van der Waals surface area contributed by atoms with E-state index in [0.29, 0.717) is 0 Å². The molecule has 11 heavy (non-hydrogen) atoms. The van der Waals surface area contributed by atoms with Crippen molar-refractivity contribution in [1.29, 1.82) is 0 Å². The fourth-order valence-corrected chi connectivity index (χ4v) is 1.18. The van der Waals surface area contributed by atoms with Crippen molar-refractivity contribution in [3.63, 3.8) is 0 Å². The topological polar surface area (TPSA) is 29.4 Å². The number of hydrogen-bond acceptors (Lipinski definition) is 2. The van der Waals surface area contributed by atoms with Gasteiger partial charge in [0.2, 0.25) is 5.78 Å².